The van der Waals surface area contributed by atoms with Crippen molar-refractivity contribution in [1.29, 1.82) is 0 Å². The summed E-state index contributed by atoms with van der Waals surface area (Å²) in [6.07, 6.45) is -3.98. The highest BCUT2D eigenvalue weighted by Crippen LogP contribution is 2.37. The van der Waals surface area contributed by atoms with Crippen LogP contribution in [-0.2, 0) is 6.18 Å². The summed E-state index contributed by atoms with van der Waals surface area (Å²) in [5, 5.41) is 2.60. The monoisotopic (exact) mass is 275 g/mol. The van der Waals surface area contributed by atoms with E-state index >= 15 is 0 Å². The quantitative estimate of drug-likeness (QED) is 0.855. The van der Waals surface area contributed by atoms with Crippen LogP contribution in [0, 0.1) is 12.9 Å². The molecule has 0 amide bonds. The number of halogens is 4. The fraction of sp³-hybridized carbons (Fsp3) is 0.273. The Bertz CT molecular complexity index is 587. The van der Waals surface area contributed by atoms with Crippen LogP contribution in [0.5, 0.6) is 0 Å². The Balaban J connectivity index is 2.65. The third-order valence-corrected chi connectivity index (χ3v) is 2.44. The summed E-state index contributed by atoms with van der Waals surface area (Å²) in [4.78, 5) is 7.22. The third kappa shape index (κ3) is 2.51. The van der Waals surface area contributed by atoms with Crippen molar-refractivity contribution in [3.05, 3.63) is 29.5 Å². The first-order chi connectivity index (χ1) is 8.82. The van der Waals surface area contributed by atoms with E-state index < -0.39 is 23.6 Å². The smallest absolute Gasteiger partial charge is 0.411 e. The molecule has 0 bridgehead atoms. The normalized spacial score (nSPS) is 11.7. The van der Waals surface area contributed by atoms with Crippen molar-refractivity contribution in [3.8, 4) is 11.5 Å². The third-order valence-electron chi connectivity index (χ3n) is 2.44. The van der Waals surface area contributed by atoms with E-state index in [0.29, 0.717) is 6.20 Å². The summed E-state index contributed by atoms with van der Waals surface area (Å²) in [7, 11) is 1.50. The molecule has 0 unspecified atom stereocenters. The van der Waals surface area contributed by atoms with Crippen molar-refractivity contribution in [2.24, 2.45) is 0 Å². The number of hydrogen-bond acceptors (Lipinski definition) is 4. The Hall–Kier alpha value is -2.12. The van der Waals surface area contributed by atoms with Crippen LogP contribution in [0.2, 0.25) is 0 Å². The highest BCUT2D eigenvalue weighted by atomic mass is 19.4. The molecule has 0 aliphatic rings. The minimum absolute atomic E-state index is 0.106. The second kappa shape index (κ2) is 4.52. The largest absolute Gasteiger partial charge is 0.418 e. The molecule has 0 aromatic carbocycles. The van der Waals surface area contributed by atoms with Gasteiger partial charge in [0, 0.05) is 13.2 Å². The Morgan fingerprint density at radius 1 is 1.32 bits per heavy atom. The maximum absolute atomic E-state index is 13.1. The van der Waals surface area contributed by atoms with Crippen LogP contribution in [0.25, 0.3) is 11.5 Å². The molecule has 2 aromatic heterocycles. The standard InChI is InChI=1S/C11H9F4N3O/c1-5-9(12)19-10(18-5)6-3-8(16-2)17-4-7(6)11(13,14)15/h3-4H,1-2H3,(H,16,17). The number of nitrogens with zero attached hydrogens (tertiary/aromatic N) is 2. The summed E-state index contributed by atoms with van der Waals surface area (Å²) in [6, 6.07) is 0.0963. The molecule has 19 heavy (non-hydrogen) atoms. The number of pyridine rings is 1. The molecule has 1 N–H and O–H groups in total. The van der Waals surface area contributed by atoms with Gasteiger partial charge in [0.15, 0.2) is 0 Å². The summed E-state index contributed by atoms with van der Waals surface area (Å²) in [6.45, 7) is 1.30. The maximum atomic E-state index is 13.1. The van der Waals surface area contributed by atoms with E-state index in [1.165, 1.54) is 14.0 Å². The number of hydrogen-bond donors (Lipinski definition) is 1. The number of aromatic nitrogens is 2. The van der Waals surface area contributed by atoms with Crippen LogP contribution in [-0.4, -0.2) is 17.0 Å². The number of nitrogens with one attached hydrogen (secondary N) is 1. The van der Waals surface area contributed by atoms with Crippen molar-refractivity contribution in [3.63, 3.8) is 0 Å². The highest BCUT2D eigenvalue weighted by Gasteiger charge is 2.36. The van der Waals surface area contributed by atoms with E-state index in [-0.39, 0.29) is 17.1 Å². The highest BCUT2D eigenvalue weighted by molar-refractivity contribution is 5.63. The van der Waals surface area contributed by atoms with Gasteiger partial charge >= 0.3 is 12.2 Å². The van der Waals surface area contributed by atoms with Crippen LogP contribution in [0.1, 0.15) is 11.3 Å². The second-order valence-corrected chi connectivity index (χ2v) is 3.74. The molecule has 0 spiro atoms. The lowest BCUT2D eigenvalue weighted by Crippen LogP contribution is -2.09. The number of anilines is 1. The van der Waals surface area contributed by atoms with Crippen LogP contribution in [0.15, 0.2) is 16.7 Å². The number of oxazole rings is 1. The van der Waals surface area contributed by atoms with Crippen molar-refractivity contribution in [2.45, 2.75) is 13.1 Å². The molecule has 102 valence electrons. The van der Waals surface area contributed by atoms with Crippen LogP contribution in [0.3, 0.4) is 0 Å². The Labute approximate surface area is 105 Å². The molecule has 0 saturated carbocycles. The molecule has 2 heterocycles. The van der Waals surface area contributed by atoms with Crippen molar-refractivity contribution >= 4 is 5.82 Å². The summed E-state index contributed by atoms with van der Waals surface area (Å²) >= 11 is 0. The predicted octanol–water partition coefficient (Wildman–Crippen LogP) is 3.24. The molecule has 8 heteroatoms. The molecule has 0 atom stereocenters. The molecule has 0 saturated heterocycles. The van der Waals surface area contributed by atoms with E-state index in [1.54, 1.807) is 0 Å². The minimum atomic E-state index is -4.63. The van der Waals surface area contributed by atoms with Gasteiger partial charge in [-0.15, -0.1) is 0 Å². The van der Waals surface area contributed by atoms with Gasteiger partial charge in [-0.3, -0.25) is 0 Å². The first-order valence-corrected chi connectivity index (χ1v) is 5.21. The zero-order valence-corrected chi connectivity index (χ0v) is 9.97. The lowest BCUT2D eigenvalue weighted by molar-refractivity contribution is -0.137. The lowest BCUT2D eigenvalue weighted by atomic mass is 10.1. The predicted molar refractivity (Wildman–Crippen MR) is 59.0 cm³/mol. The van der Waals surface area contributed by atoms with Crippen LogP contribution < -0.4 is 5.32 Å². The molecule has 0 aliphatic heterocycles. The van der Waals surface area contributed by atoms with Gasteiger partial charge in [-0.1, -0.05) is 0 Å². The fourth-order valence-corrected chi connectivity index (χ4v) is 1.49. The molecular formula is C11H9F4N3O. The Kier molecular flexibility index (Phi) is 3.17. The van der Waals surface area contributed by atoms with Gasteiger partial charge in [0.25, 0.3) is 0 Å². The zero-order chi connectivity index (χ0) is 14.2. The van der Waals surface area contributed by atoms with Crippen LogP contribution >= 0.6 is 0 Å². The first-order valence-electron chi connectivity index (χ1n) is 5.21. The second-order valence-electron chi connectivity index (χ2n) is 3.74. The van der Waals surface area contributed by atoms with Gasteiger partial charge in [0.05, 0.1) is 11.1 Å². The molecule has 4 nitrogen and oxygen atoms in total. The van der Waals surface area contributed by atoms with E-state index in [2.05, 4.69) is 19.7 Å². The topological polar surface area (TPSA) is 51.0 Å². The van der Waals surface area contributed by atoms with E-state index in [0.717, 1.165) is 6.07 Å². The van der Waals surface area contributed by atoms with Crippen molar-refractivity contribution in [1.82, 2.24) is 9.97 Å². The van der Waals surface area contributed by atoms with E-state index in [9.17, 15) is 17.6 Å². The van der Waals surface area contributed by atoms with Crippen LogP contribution in [0.4, 0.5) is 23.4 Å². The molecule has 0 aliphatic carbocycles. The van der Waals surface area contributed by atoms with Crippen molar-refractivity contribution < 1.29 is 22.0 Å². The summed E-state index contributed by atoms with van der Waals surface area (Å²) in [5.41, 5.74) is -1.50. The average Bonchev–Trinajstić information content (AvgIpc) is 2.67. The summed E-state index contributed by atoms with van der Waals surface area (Å²) < 4.78 is 56.3. The first kappa shape index (κ1) is 13.3. The van der Waals surface area contributed by atoms with Gasteiger partial charge in [-0.25, -0.2) is 9.97 Å². The molecule has 2 rings (SSSR count). The minimum Gasteiger partial charge on any atom is -0.411 e. The SMILES string of the molecule is CNc1cc(-c2nc(C)c(F)o2)c(C(F)(F)F)cn1. The number of rotatable bonds is 2. The van der Waals surface area contributed by atoms with Gasteiger partial charge in [0.2, 0.25) is 5.89 Å². The van der Waals surface area contributed by atoms with E-state index in [4.69, 9.17) is 0 Å². The Morgan fingerprint density at radius 2 is 2.00 bits per heavy atom. The average molecular weight is 275 g/mol. The zero-order valence-electron chi connectivity index (χ0n) is 9.97. The van der Waals surface area contributed by atoms with Gasteiger partial charge in [0.1, 0.15) is 11.5 Å². The van der Waals surface area contributed by atoms with E-state index in [1.807, 2.05) is 0 Å². The molecule has 0 radical (unpaired) electrons. The Morgan fingerprint density at radius 3 is 2.47 bits per heavy atom. The molecule has 2 aromatic rings. The summed E-state index contributed by atoms with van der Waals surface area (Å²) in [5.74, 6) is -0.236. The number of aryl methyl sites for hydroxylation is 1. The maximum Gasteiger partial charge on any atom is 0.418 e. The molecule has 0 fully saturated rings. The van der Waals surface area contributed by atoms with Crippen molar-refractivity contribution in [2.75, 3.05) is 12.4 Å². The number of alkyl halides is 3. The van der Waals surface area contributed by atoms with Gasteiger partial charge in [-0.05, 0) is 13.0 Å². The van der Waals surface area contributed by atoms with Gasteiger partial charge < -0.3 is 9.73 Å². The fourth-order valence-electron chi connectivity index (χ4n) is 1.49. The molecular weight excluding hydrogens is 266 g/mol. The lowest BCUT2D eigenvalue weighted by Gasteiger charge is -2.11. The van der Waals surface area contributed by atoms with Gasteiger partial charge in [-0.2, -0.15) is 17.6 Å².